The Kier molecular flexibility index (Phi) is 7.96. The molecule has 0 spiro atoms. The average molecular weight is 416 g/mol. The van der Waals surface area contributed by atoms with E-state index in [-0.39, 0.29) is 18.6 Å². The largest absolute Gasteiger partial charge is 0.493 e. The quantitative estimate of drug-likeness (QED) is 0.693. The number of urea groups is 1. The van der Waals surface area contributed by atoms with Gasteiger partial charge in [0.25, 0.3) is 0 Å². The molecule has 7 nitrogen and oxygen atoms in total. The molecule has 1 aliphatic heterocycles. The van der Waals surface area contributed by atoms with Gasteiger partial charge < -0.3 is 20.3 Å². The van der Waals surface area contributed by atoms with E-state index in [1.165, 1.54) is 0 Å². The van der Waals surface area contributed by atoms with Gasteiger partial charge in [-0.2, -0.15) is 0 Å². The van der Waals surface area contributed by atoms with Gasteiger partial charge in [-0.25, -0.2) is 19.2 Å². The summed E-state index contributed by atoms with van der Waals surface area (Å²) in [4.78, 5) is 22.8. The predicted octanol–water partition coefficient (Wildman–Crippen LogP) is 3.11. The highest BCUT2D eigenvalue weighted by molar-refractivity contribution is 5.74. The van der Waals surface area contributed by atoms with Crippen LogP contribution in [0.4, 0.5) is 9.18 Å². The van der Waals surface area contributed by atoms with Crippen molar-refractivity contribution in [3.05, 3.63) is 53.9 Å². The third kappa shape index (κ3) is 6.66. The van der Waals surface area contributed by atoms with Crippen molar-refractivity contribution in [2.24, 2.45) is 5.92 Å². The Morgan fingerprint density at radius 1 is 1.23 bits per heavy atom. The summed E-state index contributed by atoms with van der Waals surface area (Å²) >= 11 is 0. The Balaban J connectivity index is 1.60. The van der Waals surface area contributed by atoms with Crippen LogP contribution in [0.2, 0.25) is 0 Å². The van der Waals surface area contributed by atoms with E-state index in [4.69, 9.17) is 4.74 Å². The number of amides is 2. The minimum atomic E-state index is -0.488. The molecule has 0 atom stereocenters. The van der Waals surface area contributed by atoms with Gasteiger partial charge >= 0.3 is 6.03 Å². The first-order chi connectivity index (χ1) is 14.5. The number of nitrogens with one attached hydrogen (secondary N) is 2. The van der Waals surface area contributed by atoms with E-state index in [1.807, 2.05) is 24.3 Å². The summed E-state index contributed by atoms with van der Waals surface area (Å²) in [5, 5.41) is 6.30. The third-order valence-electron chi connectivity index (χ3n) is 4.95. The Labute approximate surface area is 177 Å². The Morgan fingerprint density at radius 2 is 1.90 bits per heavy atom. The van der Waals surface area contributed by atoms with E-state index in [0.29, 0.717) is 24.9 Å². The molecule has 162 valence electrons. The standard InChI is InChI=1S/C22H30FN5O2/c1-16(2)15-30-20-5-3-17(4-6-20)11-27-22(29)28(19-7-9-24-10-8-19)14-21-25-12-18(23)13-26-21/h3-6,12-13,16,19,24H,7-11,14-15H2,1-2H3,(H,27,29). The van der Waals surface area contributed by atoms with Crippen molar-refractivity contribution >= 4 is 6.03 Å². The summed E-state index contributed by atoms with van der Waals surface area (Å²) in [5.74, 6) is 1.23. The summed E-state index contributed by atoms with van der Waals surface area (Å²) in [5.41, 5.74) is 0.989. The number of ether oxygens (including phenoxy) is 1. The van der Waals surface area contributed by atoms with Gasteiger partial charge in [-0.05, 0) is 49.5 Å². The fourth-order valence-electron chi connectivity index (χ4n) is 3.30. The molecule has 0 saturated carbocycles. The SMILES string of the molecule is CC(C)COc1ccc(CNC(=O)N(Cc2ncc(F)cn2)C2CCNCC2)cc1. The molecule has 0 bridgehead atoms. The zero-order chi connectivity index (χ0) is 21.3. The van der Waals surface area contributed by atoms with E-state index in [1.54, 1.807) is 4.90 Å². The lowest BCUT2D eigenvalue weighted by atomic mass is 10.1. The summed E-state index contributed by atoms with van der Waals surface area (Å²) < 4.78 is 18.8. The number of piperidine rings is 1. The molecular weight excluding hydrogens is 385 g/mol. The number of hydrogen-bond acceptors (Lipinski definition) is 5. The van der Waals surface area contributed by atoms with Gasteiger partial charge in [0.05, 0.1) is 25.5 Å². The molecule has 8 heteroatoms. The highest BCUT2D eigenvalue weighted by Crippen LogP contribution is 2.16. The molecule has 3 rings (SSSR count). The van der Waals surface area contributed by atoms with Crippen molar-refractivity contribution in [2.45, 2.75) is 45.8 Å². The molecule has 2 N–H and O–H groups in total. The lowest BCUT2D eigenvalue weighted by Crippen LogP contribution is -2.49. The maximum absolute atomic E-state index is 13.1. The molecule has 1 aromatic carbocycles. The number of rotatable bonds is 8. The van der Waals surface area contributed by atoms with E-state index < -0.39 is 5.82 Å². The number of carbonyl (C=O) groups excluding carboxylic acids is 1. The van der Waals surface area contributed by atoms with Crippen LogP contribution in [-0.4, -0.2) is 46.6 Å². The van der Waals surface area contributed by atoms with Crippen LogP contribution < -0.4 is 15.4 Å². The van der Waals surface area contributed by atoms with Gasteiger partial charge in [0.15, 0.2) is 5.82 Å². The normalized spacial score (nSPS) is 14.5. The number of carbonyl (C=O) groups is 1. The average Bonchev–Trinajstić information content (AvgIpc) is 2.77. The molecule has 0 unspecified atom stereocenters. The smallest absolute Gasteiger partial charge is 0.318 e. The van der Waals surface area contributed by atoms with E-state index in [2.05, 4.69) is 34.4 Å². The first kappa shape index (κ1) is 22.0. The second kappa shape index (κ2) is 10.9. The van der Waals surface area contributed by atoms with Crippen LogP contribution in [0.15, 0.2) is 36.7 Å². The lowest BCUT2D eigenvalue weighted by Gasteiger charge is -2.34. The van der Waals surface area contributed by atoms with Crippen molar-refractivity contribution in [3.63, 3.8) is 0 Å². The minimum Gasteiger partial charge on any atom is -0.493 e. The van der Waals surface area contributed by atoms with Crippen LogP contribution in [0.3, 0.4) is 0 Å². The maximum Gasteiger partial charge on any atom is 0.318 e. The second-order valence-corrected chi connectivity index (χ2v) is 7.93. The molecule has 0 radical (unpaired) electrons. The highest BCUT2D eigenvalue weighted by Gasteiger charge is 2.26. The summed E-state index contributed by atoms with van der Waals surface area (Å²) in [6, 6.07) is 7.66. The van der Waals surface area contributed by atoms with Gasteiger partial charge in [-0.15, -0.1) is 0 Å². The summed E-state index contributed by atoms with van der Waals surface area (Å²) in [7, 11) is 0. The highest BCUT2D eigenvalue weighted by atomic mass is 19.1. The fourth-order valence-corrected chi connectivity index (χ4v) is 3.30. The summed E-state index contributed by atoms with van der Waals surface area (Å²) in [6.45, 7) is 7.26. The van der Waals surface area contributed by atoms with Crippen LogP contribution >= 0.6 is 0 Å². The van der Waals surface area contributed by atoms with Gasteiger partial charge in [-0.1, -0.05) is 26.0 Å². The van der Waals surface area contributed by atoms with Crippen molar-refractivity contribution in [2.75, 3.05) is 19.7 Å². The van der Waals surface area contributed by atoms with Crippen LogP contribution in [0.25, 0.3) is 0 Å². The molecule has 2 amide bonds. The van der Waals surface area contributed by atoms with Crippen LogP contribution in [-0.2, 0) is 13.1 Å². The number of aromatic nitrogens is 2. The van der Waals surface area contributed by atoms with E-state index in [0.717, 1.165) is 49.6 Å². The molecule has 1 fully saturated rings. The maximum atomic E-state index is 13.1. The van der Waals surface area contributed by atoms with Gasteiger partial charge in [0.2, 0.25) is 0 Å². The van der Waals surface area contributed by atoms with Crippen molar-refractivity contribution in [1.82, 2.24) is 25.5 Å². The molecule has 30 heavy (non-hydrogen) atoms. The first-order valence-corrected chi connectivity index (χ1v) is 10.4. The van der Waals surface area contributed by atoms with E-state index in [9.17, 15) is 9.18 Å². The van der Waals surface area contributed by atoms with Crippen LogP contribution in [0.5, 0.6) is 5.75 Å². The zero-order valence-corrected chi connectivity index (χ0v) is 17.6. The van der Waals surface area contributed by atoms with Gasteiger partial charge in [0.1, 0.15) is 11.6 Å². The third-order valence-corrected chi connectivity index (χ3v) is 4.95. The Morgan fingerprint density at radius 3 is 2.53 bits per heavy atom. The van der Waals surface area contributed by atoms with E-state index >= 15 is 0 Å². The molecule has 2 heterocycles. The molecule has 1 aromatic heterocycles. The topological polar surface area (TPSA) is 79.4 Å². The molecule has 2 aromatic rings. The predicted molar refractivity (Wildman–Crippen MR) is 112 cm³/mol. The number of nitrogens with zero attached hydrogens (tertiary/aromatic N) is 3. The van der Waals surface area contributed by atoms with Gasteiger partial charge in [0, 0.05) is 12.6 Å². The Hall–Kier alpha value is -2.74. The first-order valence-electron chi connectivity index (χ1n) is 10.4. The van der Waals surface area contributed by atoms with Gasteiger partial charge in [-0.3, -0.25) is 0 Å². The second-order valence-electron chi connectivity index (χ2n) is 7.93. The van der Waals surface area contributed by atoms with Crippen LogP contribution in [0.1, 0.15) is 38.1 Å². The number of hydrogen-bond donors (Lipinski definition) is 2. The lowest BCUT2D eigenvalue weighted by molar-refractivity contribution is 0.152. The monoisotopic (exact) mass is 415 g/mol. The van der Waals surface area contributed by atoms with Crippen molar-refractivity contribution in [3.8, 4) is 5.75 Å². The summed E-state index contributed by atoms with van der Waals surface area (Å²) in [6.07, 6.45) is 3.97. The van der Waals surface area contributed by atoms with Crippen LogP contribution in [0, 0.1) is 11.7 Å². The van der Waals surface area contributed by atoms with Crippen molar-refractivity contribution in [1.29, 1.82) is 0 Å². The zero-order valence-electron chi connectivity index (χ0n) is 17.6. The number of benzene rings is 1. The minimum absolute atomic E-state index is 0.0895. The molecule has 1 aliphatic rings. The molecule has 1 saturated heterocycles. The number of halogens is 1. The fraction of sp³-hybridized carbons (Fsp3) is 0.500. The molecular formula is C22H30FN5O2. The molecule has 0 aliphatic carbocycles. The van der Waals surface area contributed by atoms with Crippen molar-refractivity contribution < 1.29 is 13.9 Å². The Bertz CT molecular complexity index is 792.